The third-order valence-corrected chi connectivity index (χ3v) is 5.41. The van der Waals surface area contributed by atoms with E-state index >= 15 is 0 Å². The topological polar surface area (TPSA) is 51.5 Å². The van der Waals surface area contributed by atoms with Crippen molar-refractivity contribution in [2.24, 2.45) is 0 Å². The summed E-state index contributed by atoms with van der Waals surface area (Å²) in [5, 5.41) is 8.38. The highest BCUT2D eigenvalue weighted by Crippen LogP contribution is 2.35. The maximum absolute atomic E-state index is 5.58. The van der Waals surface area contributed by atoms with Gasteiger partial charge >= 0.3 is 0 Å². The van der Waals surface area contributed by atoms with Crippen molar-refractivity contribution in [3.05, 3.63) is 53.4 Å². The Kier molecular flexibility index (Phi) is 5.33. The molecule has 0 unspecified atom stereocenters. The number of aromatic nitrogens is 3. The summed E-state index contributed by atoms with van der Waals surface area (Å²) < 4.78 is 7.51. The number of ether oxygens (including phenoxy) is 1. The fourth-order valence-electron chi connectivity index (χ4n) is 4.02. The van der Waals surface area contributed by atoms with E-state index in [9.17, 15) is 0 Å². The molecule has 146 valence electrons. The normalized spacial score (nSPS) is 14.2. The fraction of sp³-hybridized carbons (Fsp3) is 0.391. The number of hydrogen-bond acceptors (Lipinski definition) is 4. The van der Waals surface area contributed by atoms with Crippen molar-refractivity contribution < 1.29 is 4.74 Å². The zero-order valence-electron chi connectivity index (χ0n) is 17.0. The standard InChI is InChI=1S/C23H28N4O/c1-16-15-21(24-14-13-18-9-5-4-6-10-18)27-23(25-16)22(17(2)26-27)19-11-7-8-12-20(19)28-3/h7-9,11-12,15,24H,4-6,10,13-14H2,1-3H3. The van der Waals surface area contributed by atoms with E-state index in [4.69, 9.17) is 14.8 Å². The van der Waals surface area contributed by atoms with Crippen molar-refractivity contribution in [2.75, 3.05) is 19.0 Å². The van der Waals surface area contributed by atoms with Crippen molar-refractivity contribution in [1.82, 2.24) is 14.6 Å². The Hall–Kier alpha value is -2.82. The first-order valence-electron chi connectivity index (χ1n) is 10.1. The van der Waals surface area contributed by atoms with Crippen LogP contribution in [0, 0.1) is 13.8 Å². The van der Waals surface area contributed by atoms with Gasteiger partial charge in [-0.1, -0.05) is 29.8 Å². The van der Waals surface area contributed by atoms with Crippen molar-refractivity contribution in [3.63, 3.8) is 0 Å². The third-order valence-electron chi connectivity index (χ3n) is 5.41. The fourth-order valence-corrected chi connectivity index (χ4v) is 4.02. The number of nitrogens with one attached hydrogen (secondary N) is 1. The molecule has 1 aliphatic rings. The Labute approximate surface area is 166 Å². The lowest BCUT2D eigenvalue weighted by atomic mass is 9.97. The number of methoxy groups -OCH3 is 1. The van der Waals surface area contributed by atoms with Gasteiger partial charge in [-0.3, -0.25) is 0 Å². The summed E-state index contributed by atoms with van der Waals surface area (Å²) in [4.78, 5) is 4.80. The van der Waals surface area contributed by atoms with Crippen LogP contribution < -0.4 is 10.1 Å². The summed E-state index contributed by atoms with van der Waals surface area (Å²) in [6.07, 6.45) is 8.63. The van der Waals surface area contributed by atoms with Gasteiger partial charge in [-0.05, 0) is 52.0 Å². The van der Waals surface area contributed by atoms with Crippen LogP contribution in [-0.2, 0) is 0 Å². The highest BCUT2D eigenvalue weighted by molar-refractivity contribution is 5.84. The summed E-state index contributed by atoms with van der Waals surface area (Å²) in [5.41, 5.74) is 6.41. The number of aryl methyl sites for hydroxylation is 2. The van der Waals surface area contributed by atoms with Crippen LogP contribution in [0.1, 0.15) is 43.5 Å². The molecule has 0 radical (unpaired) electrons. The van der Waals surface area contributed by atoms with Crippen LogP contribution in [-0.4, -0.2) is 28.3 Å². The molecule has 5 nitrogen and oxygen atoms in total. The molecule has 0 fully saturated rings. The molecule has 4 rings (SSSR count). The summed E-state index contributed by atoms with van der Waals surface area (Å²) in [5.74, 6) is 1.82. The number of rotatable bonds is 6. The van der Waals surface area contributed by atoms with Gasteiger partial charge in [0.2, 0.25) is 0 Å². The summed E-state index contributed by atoms with van der Waals surface area (Å²) in [6.45, 7) is 4.97. The monoisotopic (exact) mass is 376 g/mol. The van der Waals surface area contributed by atoms with Gasteiger partial charge in [0.15, 0.2) is 5.65 Å². The molecule has 2 aromatic heterocycles. The maximum Gasteiger partial charge on any atom is 0.165 e. The van der Waals surface area contributed by atoms with Gasteiger partial charge in [-0.25, -0.2) is 4.98 Å². The van der Waals surface area contributed by atoms with Crippen LogP contribution in [0.25, 0.3) is 16.8 Å². The number of para-hydroxylation sites is 1. The first-order chi connectivity index (χ1) is 13.7. The van der Waals surface area contributed by atoms with Crippen LogP contribution in [0.4, 0.5) is 5.82 Å². The Bertz CT molecular complexity index is 1020. The number of benzene rings is 1. The molecule has 5 heteroatoms. The summed E-state index contributed by atoms with van der Waals surface area (Å²) in [7, 11) is 1.70. The van der Waals surface area contributed by atoms with Gasteiger partial charge in [0.05, 0.1) is 18.4 Å². The molecule has 0 saturated carbocycles. The lowest BCUT2D eigenvalue weighted by Crippen LogP contribution is -2.09. The molecule has 0 spiro atoms. The van der Waals surface area contributed by atoms with E-state index in [0.29, 0.717) is 0 Å². The lowest BCUT2D eigenvalue weighted by Gasteiger charge is -2.14. The molecule has 1 N–H and O–H groups in total. The van der Waals surface area contributed by atoms with Gasteiger partial charge in [-0.2, -0.15) is 9.61 Å². The average Bonchev–Trinajstić information content (AvgIpc) is 3.04. The summed E-state index contributed by atoms with van der Waals surface area (Å²) in [6, 6.07) is 10.1. The predicted octanol–water partition coefficient (Wildman–Crippen LogP) is 5.32. The first kappa shape index (κ1) is 18.5. The van der Waals surface area contributed by atoms with Gasteiger partial charge in [-0.15, -0.1) is 0 Å². The maximum atomic E-state index is 5.58. The number of nitrogens with zero attached hydrogens (tertiary/aromatic N) is 3. The van der Waals surface area contributed by atoms with Crippen LogP contribution >= 0.6 is 0 Å². The Morgan fingerprint density at radius 3 is 2.82 bits per heavy atom. The molecule has 0 aliphatic heterocycles. The van der Waals surface area contributed by atoms with E-state index in [1.54, 1.807) is 12.7 Å². The smallest absolute Gasteiger partial charge is 0.165 e. The Balaban J connectivity index is 1.68. The Morgan fingerprint density at radius 2 is 2.04 bits per heavy atom. The van der Waals surface area contributed by atoms with Gasteiger partial charge in [0.25, 0.3) is 0 Å². The van der Waals surface area contributed by atoms with Gasteiger partial charge in [0.1, 0.15) is 11.6 Å². The Morgan fingerprint density at radius 1 is 1.18 bits per heavy atom. The minimum Gasteiger partial charge on any atom is -0.496 e. The quantitative estimate of drug-likeness (QED) is 0.591. The number of anilines is 1. The SMILES string of the molecule is COc1ccccc1-c1c(C)nn2c(NCCC3=CCCCC3)cc(C)nc12. The second kappa shape index (κ2) is 8.05. The van der Waals surface area contributed by atoms with E-state index in [2.05, 4.69) is 23.5 Å². The molecule has 3 aromatic rings. The van der Waals surface area contributed by atoms with Crippen LogP contribution in [0.2, 0.25) is 0 Å². The molecule has 0 atom stereocenters. The van der Waals surface area contributed by atoms with Crippen LogP contribution in [0.15, 0.2) is 42.0 Å². The molecule has 0 bridgehead atoms. The minimum atomic E-state index is 0.836. The third kappa shape index (κ3) is 3.61. The zero-order chi connectivity index (χ0) is 19.5. The van der Waals surface area contributed by atoms with E-state index in [1.807, 2.05) is 36.6 Å². The average molecular weight is 377 g/mol. The predicted molar refractivity (Wildman–Crippen MR) is 114 cm³/mol. The van der Waals surface area contributed by atoms with Crippen molar-refractivity contribution in [2.45, 2.75) is 46.0 Å². The molecular weight excluding hydrogens is 348 g/mol. The largest absolute Gasteiger partial charge is 0.496 e. The molecule has 2 heterocycles. The first-order valence-corrected chi connectivity index (χ1v) is 10.1. The molecule has 1 aromatic carbocycles. The van der Waals surface area contributed by atoms with Crippen molar-refractivity contribution in [3.8, 4) is 16.9 Å². The van der Waals surface area contributed by atoms with E-state index in [1.165, 1.54) is 25.7 Å². The van der Waals surface area contributed by atoms with E-state index < -0.39 is 0 Å². The van der Waals surface area contributed by atoms with Crippen molar-refractivity contribution in [1.29, 1.82) is 0 Å². The zero-order valence-corrected chi connectivity index (χ0v) is 17.0. The van der Waals surface area contributed by atoms with Crippen LogP contribution in [0.3, 0.4) is 0 Å². The molecule has 0 saturated heterocycles. The molecule has 0 amide bonds. The highest BCUT2D eigenvalue weighted by atomic mass is 16.5. The summed E-state index contributed by atoms with van der Waals surface area (Å²) >= 11 is 0. The lowest BCUT2D eigenvalue weighted by molar-refractivity contribution is 0.416. The molecule has 1 aliphatic carbocycles. The second-order valence-corrected chi connectivity index (χ2v) is 7.46. The van der Waals surface area contributed by atoms with Crippen LogP contribution in [0.5, 0.6) is 5.75 Å². The second-order valence-electron chi connectivity index (χ2n) is 7.46. The van der Waals surface area contributed by atoms with Gasteiger partial charge < -0.3 is 10.1 Å². The van der Waals surface area contributed by atoms with Gasteiger partial charge in [0, 0.05) is 23.9 Å². The minimum absolute atomic E-state index is 0.836. The van der Waals surface area contributed by atoms with E-state index in [-0.39, 0.29) is 0 Å². The molecular formula is C23H28N4O. The van der Waals surface area contributed by atoms with Crippen molar-refractivity contribution >= 4 is 11.5 Å². The number of allylic oxidation sites excluding steroid dienone is 1. The van der Waals surface area contributed by atoms with E-state index in [0.717, 1.165) is 52.7 Å². The molecule has 28 heavy (non-hydrogen) atoms. The number of fused-ring (bicyclic) bond motifs is 1. The highest BCUT2D eigenvalue weighted by Gasteiger charge is 2.18. The number of hydrogen-bond donors (Lipinski definition) is 1.